The Labute approximate surface area is 123 Å². The smallest absolute Gasteiger partial charge is 0.311 e. The Kier molecular flexibility index (Phi) is 3.44. The molecule has 0 bridgehead atoms. The molecule has 3 heterocycles. The van der Waals surface area contributed by atoms with E-state index in [4.69, 9.17) is 5.73 Å². The van der Waals surface area contributed by atoms with E-state index >= 15 is 0 Å². The van der Waals surface area contributed by atoms with Crippen molar-refractivity contribution in [2.24, 2.45) is 5.41 Å². The van der Waals surface area contributed by atoms with E-state index in [0.717, 1.165) is 19.4 Å². The molecule has 0 saturated carbocycles. The molecule has 2 fully saturated rings. The van der Waals surface area contributed by atoms with Crippen LogP contribution in [0.5, 0.6) is 0 Å². The topological polar surface area (TPSA) is 95.6 Å². The van der Waals surface area contributed by atoms with Crippen LogP contribution in [0.4, 0.5) is 11.8 Å². The maximum absolute atomic E-state index is 11.9. The number of fused-ring (bicyclic) bond motifs is 1. The number of anilines is 2. The molecular weight excluding hydrogens is 270 g/mol. The highest BCUT2D eigenvalue weighted by atomic mass is 16.4. The molecule has 2 aliphatic heterocycles. The molecule has 114 valence electrons. The van der Waals surface area contributed by atoms with Crippen LogP contribution in [0, 0.1) is 5.41 Å². The van der Waals surface area contributed by atoms with Gasteiger partial charge in [-0.3, -0.25) is 4.79 Å². The maximum Gasteiger partial charge on any atom is 0.311 e. The number of hydrogen-bond acceptors (Lipinski definition) is 6. The van der Waals surface area contributed by atoms with Gasteiger partial charge < -0.3 is 20.6 Å². The summed E-state index contributed by atoms with van der Waals surface area (Å²) in [6.07, 6.45) is 3.95. The second-order valence-electron chi connectivity index (χ2n) is 6.04. The van der Waals surface area contributed by atoms with Crippen LogP contribution in [-0.2, 0) is 4.79 Å². The third-order valence-corrected chi connectivity index (χ3v) is 4.90. The van der Waals surface area contributed by atoms with Gasteiger partial charge in [0.2, 0.25) is 5.95 Å². The lowest BCUT2D eigenvalue weighted by molar-refractivity contribution is -0.158. The number of hydrogen-bond donors (Lipinski definition) is 2. The van der Waals surface area contributed by atoms with E-state index in [9.17, 15) is 9.90 Å². The van der Waals surface area contributed by atoms with Crippen LogP contribution in [0.3, 0.4) is 0 Å². The van der Waals surface area contributed by atoms with E-state index in [2.05, 4.69) is 14.9 Å². The van der Waals surface area contributed by atoms with Crippen molar-refractivity contribution >= 4 is 17.7 Å². The van der Waals surface area contributed by atoms with Crippen molar-refractivity contribution in [1.29, 1.82) is 0 Å². The summed E-state index contributed by atoms with van der Waals surface area (Å²) < 4.78 is 0. The zero-order valence-corrected chi connectivity index (χ0v) is 12.2. The van der Waals surface area contributed by atoms with Crippen LogP contribution in [0.15, 0.2) is 12.3 Å². The Bertz CT molecular complexity index is 552. The molecule has 1 aromatic heterocycles. The van der Waals surface area contributed by atoms with Crippen molar-refractivity contribution in [3.05, 3.63) is 12.3 Å². The molecule has 0 amide bonds. The Morgan fingerprint density at radius 1 is 1.48 bits per heavy atom. The van der Waals surface area contributed by atoms with E-state index in [1.54, 1.807) is 12.3 Å². The van der Waals surface area contributed by atoms with Crippen LogP contribution in [0.25, 0.3) is 0 Å². The molecule has 0 aromatic carbocycles. The number of piperidine rings is 2. The average molecular weight is 291 g/mol. The van der Waals surface area contributed by atoms with Gasteiger partial charge in [-0.2, -0.15) is 4.98 Å². The van der Waals surface area contributed by atoms with Gasteiger partial charge in [0.25, 0.3) is 0 Å². The first kappa shape index (κ1) is 14.1. The molecular formula is C14H21N5O2. The molecule has 21 heavy (non-hydrogen) atoms. The number of rotatable bonds is 2. The first-order valence-electron chi connectivity index (χ1n) is 7.30. The number of carboxylic acids is 1. The van der Waals surface area contributed by atoms with Crippen molar-refractivity contribution in [3.63, 3.8) is 0 Å². The number of aliphatic carboxylic acids is 1. The summed E-state index contributed by atoms with van der Waals surface area (Å²) in [6.45, 7) is 2.22. The zero-order chi connectivity index (χ0) is 15.0. The molecule has 0 aliphatic carbocycles. The fourth-order valence-corrected chi connectivity index (χ4v) is 3.68. The summed E-state index contributed by atoms with van der Waals surface area (Å²) in [5.41, 5.74) is 5.08. The first-order valence-corrected chi connectivity index (χ1v) is 7.30. The minimum atomic E-state index is -0.674. The number of nitrogens with zero attached hydrogens (tertiary/aromatic N) is 4. The predicted octanol–water partition coefficient (Wildman–Crippen LogP) is 0.434. The molecule has 0 unspecified atom stereocenters. The Morgan fingerprint density at radius 3 is 3.00 bits per heavy atom. The van der Waals surface area contributed by atoms with E-state index < -0.39 is 11.4 Å². The van der Waals surface area contributed by atoms with Gasteiger partial charge in [0.15, 0.2) is 0 Å². The van der Waals surface area contributed by atoms with Gasteiger partial charge in [-0.1, -0.05) is 0 Å². The lowest BCUT2D eigenvalue weighted by Gasteiger charge is -2.51. The van der Waals surface area contributed by atoms with Gasteiger partial charge in [-0.25, -0.2) is 4.98 Å². The highest BCUT2D eigenvalue weighted by Gasteiger charge is 2.52. The fraction of sp³-hybridized carbons (Fsp3) is 0.643. The number of likely N-dealkylation sites (tertiary alicyclic amines) is 1. The van der Waals surface area contributed by atoms with Crippen LogP contribution >= 0.6 is 0 Å². The Morgan fingerprint density at radius 2 is 2.29 bits per heavy atom. The Hall–Kier alpha value is -1.89. The van der Waals surface area contributed by atoms with Crippen molar-refractivity contribution in [1.82, 2.24) is 14.9 Å². The summed E-state index contributed by atoms with van der Waals surface area (Å²) in [5.74, 6) is 0.354. The molecule has 0 radical (unpaired) electrons. The van der Waals surface area contributed by atoms with E-state index in [-0.39, 0.29) is 6.04 Å². The number of nitrogen functional groups attached to an aromatic ring is 1. The fourth-order valence-electron chi connectivity index (χ4n) is 3.68. The van der Waals surface area contributed by atoms with Crippen LogP contribution in [0.1, 0.15) is 19.3 Å². The molecule has 2 aliphatic rings. The summed E-state index contributed by atoms with van der Waals surface area (Å²) in [7, 11) is 2.01. The van der Waals surface area contributed by atoms with Gasteiger partial charge in [-0.05, 0) is 38.9 Å². The minimum Gasteiger partial charge on any atom is -0.481 e. The van der Waals surface area contributed by atoms with Gasteiger partial charge in [0, 0.05) is 25.3 Å². The first-order chi connectivity index (χ1) is 10.0. The third-order valence-electron chi connectivity index (χ3n) is 4.90. The van der Waals surface area contributed by atoms with Crippen LogP contribution in [-0.4, -0.2) is 58.7 Å². The standard InChI is InChI=1S/C14H21N5O2/c1-18-7-2-4-14(12(20)21)5-8-19(9-10(14)18)13-16-6-3-11(15)17-13/h3,6,10H,2,4-5,7-9H2,1H3,(H,20,21)(H2,15,16,17)/t10-,14+/m1/s1. The van der Waals surface area contributed by atoms with Crippen LogP contribution < -0.4 is 10.6 Å². The monoisotopic (exact) mass is 291 g/mol. The quantitative estimate of drug-likeness (QED) is 0.816. The van der Waals surface area contributed by atoms with Crippen molar-refractivity contribution in [3.8, 4) is 0 Å². The molecule has 2 saturated heterocycles. The maximum atomic E-state index is 11.9. The molecule has 7 nitrogen and oxygen atoms in total. The summed E-state index contributed by atoms with van der Waals surface area (Å²) in [5, 5.41) is 9.75. The summed E-state index contributed by atoms with van der Waals surface area (Å²) in [4.78, 5) is 24.6. The molecule has 7 heteroatoms. The van der Waals surface area contributed by atoms with Gasteiger partial charge in [0.1, 0.15) is 5.82 Å². The van der Waals surface area contributed by atoms with Gasteiger partial charge >= 0.3 is 5.97 Å². The largest absolute Gasteiger partial charge is 0.481 e. The second kappa shape index (κ2) is 5.14. The molecule has 1 aromatic rings. The summed E-state index contributed by atoms with van der Waals surface area (Å²) >= 11 is 0. The number of carbonyl (C=O) groups is 1. The van der Waals surface area contributed by atoms with Crippen molar-refractivity contribution in [2.45, 2.75) is 25.3 Å². The highest BCUT2D eigenvalue weighted by molar-refractivity contribution is 5.76. The molecule has 0 spiro atoms. The number of carboxylic acid groups (broad SMARTS) is 1. The lowest BCUT2D eigenvalue weighted by Crippen LogP contribution is -2.63. The normalized spacial score (nSPS) is 30.0. The lowest BCUT2D eigenvalue weighted by atomic mass is 9.68. The van der Waals surface area contributed by atoms with Crippen molar-refractivity contribution < 1.29 is 9.90 Å². The SMILES string of the molecule is CN1CCC[C@]2(C(=O)O)CCN(c3nccc(N)n3)C[C@@H]12. The average Bonchev–Trinajstić information content (AvgIpc) is 2.47. The number of likely N-dealkylation sites (N-methyl/N-ethyl adjacent to an activating group) is 1. The Balaban J connectivity index is 1.87. The molecule has 2 atom stereocenters. The van der Waals surface area contributed by atoms with Crippen LogP contribution in [0.2, 0.25) is 0 Å². The van der Waals surface area contributed by atoms with E-state index in [1.807, 2.05) is 11.9 Å². The van der Waals surface area contributed by atoms with Crippen molar-refractivity contribution in [2.75, 3.05) is 37.3 Å². The minimum absolute atomic E-state index is 0.0115. The number of aromatic nitrogens is 2. The number of nitrogens with two attached hydrogens (primary N) is 1. The van der Waals surface area contributed by atoms with Gasteiger partial charge in [0.05, 0.1) is 5.41 Å². The zero-order valence-electron chi connectivity index (χ0n) is 12.2. The van der Waals surface area contributed by atoms with E-state index in [0.29, 0.717) is 31.3 Å². The third kappa shape index (κ3) is 2.31. The summed E-state index contributed by atoms with van der Waals surface area (Å²) in [6, 6.07) is 1.64. The highest BCUT2D eigenvalue weighted by Crippen LogP contribution is 2.42. The molecule has 3 N–H and O–H groups in total. The molecule has 3 rings (SSSR count). The van der Waals surface area contributed by atoms with Gasteiger partial charge in [-0.15, -0.1) is 0 Å². The predicted molar refractivity (Wildman–Crippen MR) is 79.0 cm³/mol. The van der Waals surface area contributed by atoms with E-state index in [1.165, 1.54) is 0 Å². The second-order valence-corrected chi connectivity index (χ2v) is 6.04.